The van der Waals surface area contributed by atoms with Crippen molar-refractivity contribution in [2.75, 3.05) is 18.4 Å². The summed E-state index contributed by atoms with van der Waals surface area (Å²) in [7, 11) is 0. The summed E-state index contributed by atoms with van der Waals surface area (Å²) in [5.74, 6) is -0.0897. The fourth-order valence-corrected chi connectivity index (χ4v) is 3.73. The third-order valence-electron chi connectivity index (χ3n) is 4.35. The maximum Gasteiger partial charge on any atom is 0.277 e. The Hall–Kier alpha value is -2.42. The summed E-state index contributed by atoms with van der Waals surface area (Å²) in [5.41, 5.74) is 1.89. The highest BCUT2D eigenvalue weighted by atomic mass is 35.5. The van der Waals surface area contributed by atoms with Crippen LogP contribution in [0.2, 0.25) is 0 Å². The monoisotopic (exact) mass is 405 g/mol. The number of aromatic hydroxyl groups is 1. The van der Waals surface area contributed by atoms with Gasteiger partial charge in [-0.3, -0.25) is 14.8 Å². The number of thiazole rings is 1. The number of carbonyl (C=O) groups excluding carboxylic acids is 1. The Balaban J connectivity index is 0.00000210. The quantitative estimate of drug-likeness (QED) is 0.619. The first-order valence-corrected chi connectivity index (χ1v) is 9.39. The zero-order valence-electron chi connectivity index (χ0n) is 14.5. The first-order valence-electron chi connectivity index (χ1n) is 8.51. The minimum Gasteiger partial charge on any atom is -0.508 e. The van der Waals surface area contributed by atoms with Gasteiger partial charge >= 0.3 is 0 Å². The average Bonchev–Trinajstić information content (AvgIpc) is 3.32. The Bertz CT molecular complexity index is 920. The highest BCUT2D eigenvalue weighted by Crippen LogP contribution is 2.27. The number of hydrogen-bond acceptors (Lipinski definition) is 6. The van der Waals surface area contributed by atoms with Crippen LogP contribution in [0.5, 0.6) is 5.75 Å². The number of rotatable bonds is 4. The van der Waals surface area contributed by atoms with Crippen LogP contribution in [0.3, 0.4) is 0 Å². The van der Waals surface area contributed by atoms with Crippen LogP contribution in [0.15, 0.2) is 41.9 Å². The Morgan fingerprint density at radius 2 is 2.26 bits per heavy atom. The molecule has 3 aromatic rings. The highest BCUT2D eigenvalue weighted by molar-refractivity contribution is 7.14. The Kier molecular flexibility index (Phi) is 6.10. The number of phenols is 1. The van der Waals surface area contributed by atoms with Crippen LogP contribution in [0.4, 0.5) is 5.13 Å². The minimum atomic E-state index is -0.274. The van der Waals surface area contributed by atoms with Crippen molar-refractivity contribution in [2.24, 2.45) is 0 Å². The van der Waals surface area contributed by atoms with Gasteiger partial charge in [-0.15, -0.1) is 23.7 Å². The van der Waals surface area contributed by atoms with Crippen LogP contribution in [0.1, 0.15) is 29.4 Å². The van der Waals surface area contributed by atoms with E-state index in [0.717, 1.165) is 31.5 Å². The molecule has 0 bridgehead atoms. The summed E-state index contributed by atoms with van der Waals surface area (Å²) in [6.07, 6.45) is 4.03. The van der Waals surface area contributed by atoms with Gasteiger partial charge in [0.15, 0.2) is 10.8 Å². The van der Waals surface area contributed by atoms with E-state index in [1.165, 1.54) is 11.3 Å². The van der Waals surface area contributed by atoms with Crippen LogP contribution in [0.25, 0.3) is 11.3 Å². The van der Waals surface area contributed by atoms with Crippen LogP contribution in [-0.4, -0.2) is 38.9 Å². The molecule has 1 aliphatic rings. The molecule has 1 fully saturated rings. The van der Waals surface area contributed by atoms with E-state index < -0.39 is 0 Å². The molecule has 1 unspecified atom stereocenters. The van der Waals surface area contributed by atoms with Crippen molar-refractivity contribution in [2.45, 2.75) is 18.9 Å². The second-order valence-electron chi connectivity index (χ2n) is 6.22. The molecule has 3 N–H and O–H groups in total. The van der Waals surface area contributed by atoms with Gasteiger partial charge in [-0.05, 0) is 37.6 Å². The number of anilines is 1. The molecule has 2 aromatic heterocycles. The van der Waals surface area contributed by atoms with Gasteiger partial charge in [0.05, 0.1) is 11.7 Å². The number of halogens is 1. The Morgan fingerprint density at radius 3 is 3.04 bits per heavy atom. The summed E-state index contributed by atoms with van der Waals surface area (Å²) in [4.78, 5) is 16.8. The molecule has 0 saturated carbocycles. The van der Waals surface area contributed by atoms with Crippen molar-refractivity contribution >= 4 is 34.8 Å². The number of nitrogens with zero attached hydrogens (tertiary/aromatic N) is 3. The summed E-state index contributed by atoms with van der Waals surface area (Å²) in [5, 5.41) is 22.5. The van der Waals surface area contributed by atoms with E-state index in [0.29, 0.717) is 22.6 Å². The Morgan fingerprint density at radius 1 is 1.37 bits per heavy atom. The molecule has 1 aromatic carbocycles. The zero-order valence-corrected chi connectivity index (χ0v) is 16.1. The van der Waals surface area contributed by atoms with E-state index in [-0.39, 0.29) is 24.1 Å². The van der Waals surface area contributed by atoms with Crippen molar-refractivity contribution in [1.82, 2.24) is 20.1 Å². The van der Waals surface area contributed by atoms with Crippen molar-refractivity contribution in [3.8, 4) is 17.0 Å². The maximum absolute atomic E-state index is 12.4. The van der Waals surface area contributed by atoms with E-state index in [1.807, 2.05) is 22.3 Å². The summed E-state index contributed by atoms with van der Waals surface area (Å²) in [6.45, 7) is 1.92. The summed E-state index contributed by atoms with van der Waals surface area (Å²) in [6, 6.07) is 8.89. The molecule has 9 heteroatoms. The lowest BCUT2D eigenvalue weighted by Crippen LogP contribution is -2.32. The van der Waals surface area contributed by atoms with Gasteiger partial charge in [-0.1, -0.05) is 12.1 Å². The van der Waals surface area contributed by atoms with E-state index in [1.54, 1.807) is 24.3 Å². The van der Waals surface area contributed by atoms with E-state index in [4.69, 9.17) is 0 Å². The molecule has 0 radical (unpaired) electrons. The number of hydrogen-bond donors (Lipinski definition) is 3. The predicted molar refractivity (Wildman–Crippen MR) is 108 cm³/mol. The van der Waals surface area contributed by atoms with E-state index in [2.05, 4.69) is 20.7 Å². The highest BCUT2D eigenvalue weighted by Gasteiger charge is 2.18. The second-order valence-corrected chi connectivity index (χ2v) is 7.08. The molecular weight excluding hydrogens is 386 g/mol. The van der Waals surface area contributed by atoms with Crippen molar-refractivity contribution in [3.05, 3.63) is 47.6 Å². The lowest BCUT2D eigenvalue weighted by atomic mass is 10.1. The normalized spacial score (nSPS) is 16.5. The Labute approximate surface area is 166 Å². The largest absolute Gasteiger partial charge is 0.508 e. The molecule has 4 rings (SSSR count). The van der Waals surface area contributed by atoms with E-state index in [9.17, 15) is 9.90 Å². The van der Waals surface area contributed by atoms with Gasteiger partial charge in [0.25, 0.3) is 5.91 Å². The van der Waals surface area contributed by atoms with E-state index >= 15 is 0 Å². The van der Waals surface area contributed by atoms with Crippen molar-refractivity contribution < 1.29 is 9.90 Å². The summed E-state index contributed by atoms with van der Waals surface area (Å²) < 4.78 is 1.86. The van der Waals surface area contributed by atoms with Gasteiger partial charge < -0.3 is 10.4 Å². The number of aromatic nitrogens is 3. The molecule has 1 saturated heterocycles. The smallest absolute Gasteiger partial charge is 0.277 e. The lowest BCUT2D eigenvalue weighted by Gasteiger charge is -2.22. The van der Waals surface area contributed by atoms with Gasteiger partial charge in [0.2, 0.25) is 0 Å². The number of amides is 1. The first kappa shape index (κ1) is 19.3. The fraction of sp³-hybridized carbons (Fsp3) is 0.278. The number of benzene rings is 1. The third-order valence-corrected chi connectivity index (χ3v) is 5.11. The first-order chi connectivity index (χ1) is 12.7. The van der Waals surface area contributed by atoms with Crippen molar-refractivity contribution in [3.63, 3.8) is 0 Å². The number of piperidine rings is 1. The maximum atomic E-state index is 12.4. The molecule has 3 heterocycles. The fourth-order valence-electron chi connectivity index (χ4n) is 3.01. The molecule has 1 atom stereocenters. The number of nitrogens with one attached hydrogen (secondary N) is 2. The van der Waals surface area contributed by atoms with Gasteiger partial charge in [0.1, 0.15) is 5.75 Å². The number of carbonyl (C=O) groups is 1. The molecule has 7 nitrogen and oxygen atoms in total. The molecule has 142 valence electrons. The van der Waals surface area contributed by atoms with Crippen LogP contribution >= 0.6 is 23.7 Å². The SMILES string of the molecule is Cl.O=C(Nc1nc(-c2cccc(O)c2)cs1)c1ccn(C2CCCNC2)n1. The molecule has 1 amide bonds. The van der Waals surface area contributed by atoms with Gasteiger partial charge in [0, 0.05) is 23.7 Å². The van der Waals surface area contributed by atoms with Gasteiger partial charge in [-0.2, -0.15) is 5.10 Å². The zero-order chi connectivity index (χ0) is 17.9. The third kappa shape index (κ3) is 4.47. The molecule has 1 aliphatic heterocycles. The van der Waals surface area contributed by atoms with Gasteiger partial charge in [-0.25, -0.2) is 4.98 Å². The molecule has 27 heavy (non-hydrogen) atoms. The number of phenolic OH excluding ortho intramolecular Hbond substituents is 1. The molecular formula is C18H20ClN5O2S. The second kappa shape index (κ2) is 8.51. The topological polar surface area (TPSA) is 92.1 Å². The van der Waals surface area contributed by atoms with Crippen molar-refractivity contribution in [1.29, 1.82) is 0 Å². The van der Waals surface area contributed by atoms with Crippen LogP contribution in [-0.2, 0) is 0 Å². The average molecular weight is 406 g/mol. The molecule has 0 aliphatic carbocycles. The lowest BCUT2D eigenvalue weighted by molar-refractivity contribution is 0.102. The predicted octanol–water partition coefficient (Wildman–Crippen LogP) is 3.31. The van der Waals surface area contributed by atoms with Crippen LogP contribution < -0.4 is 10.6 Å². The van der Waals surface area contributed by atoms with Crippen LogP contribution in [0, 0.1) is 0 Å². The summed E-state index contributed by atoms with van der Waals surface area (Å²) >= 11 is 1.34. The standard InChI is InChI=1S/C18H19N5O2S.ClH/c24-14-5-1-3-12(9-14)16-11-26-18(20-16)21-17(25)15-6-8-23(22-15)13-4-2-7-19-10-13;/h1,3,5-6,8-9,11,13,19,24H,2,4,7,10H2,(H,20,21,25);1H. The minimum absolute atomic E-state index is 0. The molecule has 0 spiro atoms.